The van der Waals surface area contributed by atoms with Crippen LogP contribution in [-0.4, -0.2) is 16.9 Å². The molecule has 0 saturated carbocycles. The Hall–Kier alpha value is -6.49. The van der Waals surface area contributed by atoms with Crippen molar-refractivity contribution in [2.24, 2.45) is 0 Å². The van der Waals surface area contributed by atoms with Crippen molar-refractivity contribution in [1.29, 1.82) is 0 Å². The van der Waals surface area contributed by atoms with Gasteiger partial charge >= 0.3 is 0 Å². The van der Waals surface area contributed by atoms with E-state index in [0.717, 1.165) is 5.56 Å². The van der Waals surface area contributed by atoms with Gasteiger partial charge < -0.3 is 0 Å². The predicted molar refractivity (Wildman–Crippen MR) is 183 cm³/mol. The van der Waals surface area contributed by atoms with E-state index in [-0.39, 0.29) is 11.2 Å². The van der Waals surface area contributed by atoms with E-state index < -0.39 is 144 Å². The molecule has 0 amide bonds. The van der Waals surface area contributed by atoms with Crippen LogP contribution in [-0.2, 0) is 12.0 Å². The van der Waals surface area contributed by atoms with Crippen molar-refractivity contribution in [3.63, 3.8) is 0 Å². The molecular formula is C40H19BF20N2O. The zero-order valence-corrected chi connectivity index (χ0v) is 31.8. The Labute approximate surface area is 345 Å². The average Bonchev–Trinajstić information content (AvgIpc) is 3.26. The minimum Gasteiger partial charge on any atom is -0.287 e. The second-order valence-electron chi connectivity index (χ2n) is 14.5. The summed E-state index contributed by atoms with van der Waals surface area (Å²) in [6.45, 7) is 6.83. The number of hydrogen-bond donors (Lipinski definition) is 0. The van der Waals surface area contributed by atoms with E-state index in [9.17, 15) is 57.5 Å². The van der Waals surface area contributed by atoms with Crippen molar-refractivity contribution < 1.29 is 97.2 Å². The number of carbonyl (C=O) groups is 1. The molecule has 0 saturated heterocycles. The molecule has 3 nitrogen and oxygen atoms in total. The molecule has 64 heavy (non-hydrogen) atoms. The molecule has 6 aromatic rings. The van der Waals surface area contributed by atoms with E-state index in [1.807, 2.05) is 28.8 Å². The van der Waals surface area contributed by atoms with Crippen LogP contribution in [0, 0.1) is 116 Å². The molecule has 0 unspecified atom stereocenters. The van der Waals surface area contributed by atoms with Crippen molar-refractivity contribution in [2.75, 3.05) is 0 Å². The third-order valence-corrected chi connectivity index (χ3v) is 9.79. The third-order valence-electron chi connectivity index (χ3n) is 9.79. The van der Waals surface area contributed by atoms with Crippen molar-refractivity contribution in [3.8, 4) is 0 Å². The highest BCUT2D eigenvalue weighted by Crippen LogP contribution is 2.31. The summed E-state index contributed by atoms with van der Waals surface area (Å²) >= 11 is 0. The van der Waals surface area contributed by atoms with Crippen LogP contribution in [0.3, 0.4) is 0 Å². The van der Waals surface area contributed by atoms with Crippen molar-refractivity contribution in [1.82, 2.24) is 4.98 Å². The van der Waals surface area contributed by atoms with Gasteiger partial charge in [0.2, 0.25) is 12.3 Å². The van der Waals surface area contributed by atoms with Crippen LogP contribution in [0.5, 0.6) is 0 Å². The first-order valence-electron chi connectivity index (χ1n) is 17.3. The molecule has 338 valence electrons. The Morgan fingerprint density at radius 2 is 0.656 bits per heavy atom. The normalized spacial score (nSPS) is 11.8. The molecule has 0 bridgehead atoms. The third kappa shape index (κ3) is 7.79. The number of aromatic nitrogens is 2. The monoisotopic (exact) mass is 934 g/mol. The first-order valence-corrected chi connectivity index (χ1v) is 17.3. The zero-order valence-electron chi connectivity index (χ0n) is 31.8. The summed E-state index contributed by atoms with van der Waals surface area (Å²) in [5.74, 6) is -71.3. The Morgan fingerprint density at radius 1 is 0.422 bits per heavy atom. The lowest BCUT2D eigenvalue weighted by molar-refractivity contribution is -0.683. The lowest BCUT2D eigenvalue weighted by Gasteiger charge is -2.44. The van der Waals surface area contributed by atoms with Crippen LogP contribution in [0.15, 0.2) is 49.1 Å². The summed E-state index contributed by atoms with van der Waals surface area (Å²) < 4.78 is 296. The molecule has 0 aliphatic heterocycles. The van der Waals surface area contributed by atoms with E-state index in [1.54, 1.807) is 24.8 Å². The van der Waals surface area contributed by atoms with Crippen LogP contribution in [0.4, 0.5) is 87.8 Å². The number of ketones is 1. The predicted octanol–water partition coefficient (Wildman–Crippen LogP) is 8.40. The lowest BCUT2D eigenvalue weighted by atomic mass is 9.12. The zero-order chi connectivity index (χ0) is 48.2. The van der Waals surface area contributed by atoms with E-state index in [4.69, 9.17) is 0 Å². The first kappa shape index (κ1) is 48.5. The molecule has 1 aromatic heterocycles. The Kier molecular flexibility index (Phi) is 13.3. The van der Waals surface area contributed by atoms with E-state index in [2.05, 4.69) is 25.8 Å². The number of halogens is 20. The molecule has 1 heterocycles. The molecule has 24 heteroatoms. The van der Waals surface area contributed by atoms with Crippen LogP contribution < -0.4 is 26.4 Å². The van der Waals surface area contributed by atoms with Gasteiger partial charge in [-0.05, 0) is 11.0 Å². The minimum absolute atomic E-state index is 0.108. The van der Waals surface area contributed by atoms with Gasteiger partial charge in [0.15, 0.2) is 82.2 Å². The smallest absolute Gasteiger partial charge is 0.227 e. The summed E-state index contributed by atoms with van der Waals surface area (Å²) in [6.07, 6.45) is -0.278. The van der Waals surface area contributed by atoms with Gasteiger partial charge in [-0.2, -0.15) is 4.57 Å². The van der Waals surface area contributed by atoms with Crippen molar-refractivity contribution in [3.05, 3.63) is 177 Å². The number of hydrogen-bond acceptors (Lipinski definition) is 2. The van der Waals surface area contributed by atoms with Crippen LogP contribution >= 0.6 is 0 Å². The van der Waals surface area contributed by atoms with Crippen LogP contribution in [0.2, 0.25) is 0 Å². The van der Waals surface area contributed by atoms with Crippen molar-refractivity contribution >= 4 is 33.8 Å². The molecule has 6 rings (SSSR count). The second-order valence-corrected chi connectivity index (χ2v) is 14.5. The van der Waals surface area contributed by atoms with E-state index in [0.29, 0.717) is 6.54 Å². The number of nitrogens with zero attached hydrogens (tertiary/aromatic N) is 2. The SMILES string of the molecule is CC(C)(C)c1ccc(C(=O)C[n+]2ccncc2)cc1.Fc1c(F)c(F)c([B-](c2c(F)c(F)c(F)c(F)c2F)(c2c(F)c(F)c(F)c(F)c2F)c2c(F)c(F)c(F)c(F)c2F)c(F)c1F. The molecule has 0 atom stereocenters. The fourth-order valence-electron chi connectivity index (χ4n) is 6.74. The summed E-state index contributed by atoms with van der Waals surface area (Å²) in [4.78, 5) is 16.1. The van der Waals surface area contributed by atoms with Crippen molar-refractivity contribution in [2.45, 2.75) is 32.7 Å². The number of rotatable bonds is 7. The van der Waals surface area contributed by atoms with Gasteiger partial charge in [-0.25, -0.2) is 87.8 Å². The molecule has 0 fully saturated rings. The standard InChI is InChI=1S/C24BF20.C16H19N2O/c26-5-1(6(27)14(35)21(42)13(5)34)25(2-7(28)15(36)22(43)16(37)8(2)29,3-9(30)17(38)23(44)18(39)10(3)31)4-11(32)19(40)24(45)20(41)12(4)33;1-16(2,3)14-6-4-13(5-7-14)15(19)12-18-10-8-17-9-11-18/h;4-11H,12H2,1-3H3/q-1;+1. The topological polar surface area (TPSA) is 33.8 Å². The van der Waals surface area contributed by atoms with Crippen LogP contribution in [0.1, 0.15) is 36.7 Å². The fourth-order valence-corrected chi connectivity index (χ4v) is 6.74. The Morgan fingerprint density at radius 3 is 0.891 bits per heavy atom. The Balaban J connectivity index is 0.000000337. The molecule has 0 aliphatic carbocycles. The quantitative estimate of drug-likeness (QED) is 0.0403. The van der Waals surface area contributed by atoms with E-state index >= 15 is 35.1 Å². The number of carbonyl (C=O) groups excluding carboxylic acids is 1. The van der Waals surface area contributed by atoms with E-state index in [1.165, 1.54) is 5.56 Å². The molecule has 0 N–H and O–H groups in total. The van der Waals surface area contributed by atoms with Gasteiger partial charge in [0.1, 0.15) is 52.7 Å². The van der Waals surface area contributed by atoms with Gasteiger partial charge in [0, 0.05) is 5.56 Å². The molecular weight excluding hydrogens is 915 g/mol. The highest BCUT2D eigenvalue weighted by Gasteiger charge is 2.52. The molecule has 0 radical (unpaired) electrons. The van der Waals surface area contributed by atoms with Gasteiger partial charge in [-0.3, -0.25) is 9.78 Å². The van der Waals surface area contributed by atoms with Crippen LogP contribution in [0.25, 0.3) is 0 Å². The maximum absolute atomic E-state index is 15.4. The fraction of sp³-hybridized carbons (Fsp3) is 0.125. The largest absolute Gasteiger partial charge is 0.287 e. The molecule has 0 aliphatic rings. The van der Waals surface area contributed by atoms with Gasteiger partial charge in [0.05, 0.1) is 12.4 Å². The summed E-state index contributed by atoms with van der Waals surface area (Å²) in [5.41, 5.74) is -12.2. The highest BCUT2D eigenvalue weighted by atomic mass is 19.2. The summed E-state index contributed by atoms with van der Waals surface area (Å²) in [5, 5.41) is 0. The Bertz CT molecular complexity index is 2470. The summed E-state index contributed by atoms with van der Waals surface area (Å²) in [6, 6.07) is 7.88. The second kappa shape index (κ2) is 17.6. The van der Waals surface area contributed by atoms with Gasteiger partial charge in [0.25, 0.3) is 0 Å². The maximum atomic E-state index is 15.4. The number of Topliss-reactive ketones (excluding diaryl/α,β-unsaturated/α-hetero) is 1. The number of benzene rings is 5. The molecule has 0 spiro atoms. The lowest BCUT2D eigenvalue weighted by Crippen LogP contribution is -2.81. The van der Waals surface area contributed by atoms with Gasteiger partial charge in [-0.15, -0.1) is 21.9 Å². The van der Waals surface area contributed by atoms with Gasteiger partial charge in [-0.1, -0.05) is 45.0 Å². The average molecular weight is 934 g/mol. The molecule has 5 aromatic carbocycles. The maximum Gasteiger partial charge on any atom is 0.227 e. The summed E-state index contributed by atoms with van der Waals surface area (Å²) in [7, 11) is 0. The first-order chi connectivity index (χ1) is 29.7. The highest BCUT2D eigenvalue weighted by molar-refractivity contribution is 7.20. The minimum atomic E-state index is -7.22.